The van der Waals surface area contributed by atoms with E-state index in [1.807, 2.05) is 0 Å². The smallest absolute Gasteiger partial charge is 0.206 e. The largest absolute Gasteiger partial charge is 0.461 e. The molecule has 1 N–H and O–H groups in total. The van der Waals surface area contributed by atoms with Gasteiger partial charge in [-0.15, -0.1) is 0 Å². The highest BCUT2D eigenvalue weighted by atomic mass is 32.2. The molecule has 3 nitrogen and oxygen atoms in total. The van der Waals surface area contributed by atoms with Gasteiger partial charge in [-0.05, 0) is 6.92 Å². The van der Waals surface area contributed by atoms with Gasteiger partial charge >= 0.3 is 17.4 Å². The van der Waals surface area contributed by atoms with Gasteiger partial charge in [-0.3, -0.25) is 0 Å². The van der Waals surface area contributed by atoms with E-state index in [2.05, 4.69) is 0 Å². The van der Waals surface area contributed by atoms with Crippen molar-refractivity contribution in [1.29, 1.82) is 0 Å². The van der Waals surface area contributed by atoms with Crippen LogP contribution in [0.4, 0.5) is 30.7 Å². The fraction of sp³-hybridized carbons (Fsp3) is 0.714. The van der Waals surface area contributed by atoms with E-state index in [-0.39, 0.29) is 0 Å². The fourth-order valence-electron chi connectivity index (χ4n) is 0.700. The van der Waals surface area contributed by atoms with Crippen LogP contribution in [0.3, 0.4) is 0 Å². The molecule has 11 heteroatoms. The van der Waals surface area contributed by atoms with Gasteiger partial charge in [-0.1, -0.05) is 12.2 Å². The van der Waals surface area contributed by atoms with Crippen LogP contribution >= 0.6 is 0 Å². The average molecular weight is 303 g/mol. The highest BCUT2D eigenvalue weighted by molar-refractivity contribution is 7.90. The van der Waals surface area contributed by atoms with Gasteiger partial charge in [0.1, 0.15) is 0 Å². The second-order valence-corrected chi connectivity index (χ2v) is 4.82. The van der Waals surface area contributed by atoms with Gasteiger partial charge < -0.3 is 0 Å². The lowest BCUT2D eigenvalue weighted by atomic mass is 10.3. The van der Waals surface area contributed by atoms with Crippen LogP contribution in [-0.4, -0.2) is 32.3 Å². The highest BCUT2D eigenvalue weighted by Crippen LogP contribution is 2.48. The Morgan fingerprint density at radius 3 is 1.83 bits per heavy atom. The summed E-state index contributed by atoms with van der Waals surface area (Å²) in [5.74, 6) is -6.69. The summed E-state index contributed by atoms with van der Waals surface area (Å²) >= 11 is 0. The van der Waals surface area contributed by atoms with Gasteiger partial charge in [0.15, 0.2) is 0 Å². The first-order valence-corrected chi connectivity index (χ1v) is 5.72. The molecule has 0 heterocycles. The maximum Gasteiger partial charge on any atom is 0.461 e. The summed E-state index contributed by atoms with van der Waals surface area (Å²) in [6, 6.07) is 0. The Hall–Kier alpha value is -0.840. The van der Waals surface area contributed by atoms with Gasteiger partial charge in [0.05, 0.1) is 0 Å². The summed E-state index contributed by atoms with van der Waals surface area (Å²) in [6.07, 6.45) is -4.56. The molecule has 0 aliphatic rings. The van der Waals surface area contributed by atoms with Crippen molar-refractivity contribution >= 4 is 10.0 Å². The first-order valence-electron chi connectivity index (χ1n) is 4.24. The van der Waals surface area contributed by atoms with Gasteiger partial charge in [0.2, 0.25) is 0 Å². The molecule has 0 spiro atoms. The normalized spacial score (nSPS) is 15.3. The van der Waals surface area contributed by atoms with Crippen LogP contribution in [0.15, 0.2) is 12.2 Å². The molecule has 0 amide bonds. The van der Waals surface area contributed by atoms with E-state index >= 15 is 0 Å². The van der Waals surface area contributed by atoms with Crippen LogP contribution in [0, 0.1) is 0 Å². The molecule has 18 heavy (non-hydrogen) atoms. The van der Waals surface area contributed by atoms with Crippen molar-refractivity contribution in [1.82, 2.24) is 4.72 Å². The molecule has 0 aromatic rings. The summed E-state index contributed by atoms with van der Waals surface area (Å²) in [7, 11) is -6.18. The Balaban J connectivity index is 5.38. The molecule has 0 unspecified atom stereocenters. The average Bonchev–Trinajstić information content (AvgIpc) is 2.15. The summed E-state index contributed by atoms with van der Waals surface area (Å²) in [5.41, 5.74) is 0. The molecule has 0 aromatic carbocycles. The lowest BCUT2D eigenvalue weighted by molar-refractivity contribution is -0.332. The number of nitrogens with one attached hydrogen (secondary N) is 1. The molecule has 0 saturated heterocycles. The van der Waals surface area contributed by atoms with E-state index < -0.39 is 33.9 Å². The molecule has 0 bridgehead atoms. The molecule has 0 aromatic heterocycles. The first kappa shape index (κ1) is 17.2. The third kappa shape index (κ3) is 2.94. The van der Waals surface area contributed by atoms with Crippen LogP contribution < -0.4 is 4.72 Å². The minimum Gasteiger partial charge on any atom is -0.206 e. The molecule has 0 fully saturated rings. The number of alkyl halides is 7. The molecule has 0 aliphatic heterocycles. The van der Waals surface area contributed by atoms with Crippen LogP contribution in [0.1, 0.15) is 6.92 Å². The van der Waals surface area contributed by atoms with Gasteiger partial charge in [0.25, 0.3) is 10.0 Å². The van der Waals surface area contributed by atoms with Crippen LogP contribution in [0.25, 0.3) is 0 Å². The number of sulfonamides is 1. The topological polar surface area (TPSA) is 46.2 Å². The maximum absolute atomic E-state index is 12.8. The Morgan fingerprint density at radius 2 is 1.50 bits per heavy atom. The van der Waals surface area contributed by atoms with E-state index in [0.29, 0.717) is 0 Å². The Kier molecular flexibility index (Phi) is 4.80. The second-order valence-electron chi connectivity index (χ2n) is 3.01. The van der Waals surface area contributed by atoms with Crippen molar-refractivity contribution in [3.05, 3.63) is 12.2 Å². The molecule has 0 atom stereocenters. The van der Waals surface area contributed by atoms with Crippen molar-refractivity contribution in [2.75, 3.05) is 6.54 Å². The molecular formula is C7H8F7NO2S. The third-order valence-corrected chi connectivity index (χ3v) is 3.16. The lowest BCUT2D eigenvalue weighted by Crippen LogP contribution is -2.58. The second kappa shape index (κ2) is 5.03. The molecule has 0 radical (unpaired) electrons. The zero-order chi connectivity index (χ0) is 14.8. The Labute approximate surface area is 97.7 Å². The van der Waals surface area contributed by atoms with Crippen LogP contribution in [-0.2, 0) is 10.0 Å². The standard InChI is InChI=1S/C7H8F7NO2S/c1-2-3-4-15-18(16,17)7(13,14)5(8,9)6(10,11)12/h2-3,15H,4H2,1H3/b3-2+. The summed E-state index contributed by atoms with van der Waals surface area (Å²) in [5, 5.41) is -6.31. The van der Waals surface area contributed by atoms with E-state index in [1.165, 1.54) is 13.0 Å². The van der Waals surface area contributed by atoms with Gasteiger partial charge in [-0.25, -0.2) is 13.1 Å². The molecule has 108 valence electrons. The molecule has 0 rings (SSSR count). The number of hydrogen-bond donors (Lipinski definition) is 1. The number of halogens is 7. The predicted molar refractivity (Wildman–Crippen MR) is 47.7 cm³/mol. The van der Waals surface area contributed by atoms with Crippen molar-refractivity contribution < 1.29 is 39.2 Å². The molecular weight excluding hydrogens is 295 g/mol. The fourth-order valence-corrected chi connectivity index (χ4v) is 1.65. The first-order chi connectivity index (χ1) is 7.81. The lowest BCUT2D eigenvalue weighted by Gasteiger charge is -2.27. The van der Waals surface area contributed by atoms with E-state index in [4.69, 9.17) is 0 Å². The monoisotopic (exact) mass is 303 g/mol. The van der Waals surface area contributed by atoms with E-state index in [1.54, 1.807) is 0 Å². The van der Waals surface area contributed by atoms with Crippen LogP contribution in [0.2, 0.25) is 0 Å². The molecule has 0 saturated carbocycles. The Morgan fingerprint density at radius 1 is 1.06 bits per heavy atom. The van der Waals surface area contributed by atoms with Crippen LogP contribution in [0.5, 0.6) is 0 Å². The van der Waals surface area contributed by atoms with Gasteiger partial charge in [0, 0.05) is 6.54 Å². The summed E-state index contributed by atoms with van der Waals surface area (Å²) < 4.78 is 108. The minimum absolute atomic E-state index is 0.831. The van der Waals surface area contributed by atoms with Crippen molar-refractivity contribution in [2.45, 2.75) is 24.3 Å². The quantitative estimate of drug-likeness (QED) is 0.625. The summed E-state index contributed by atoms with van der Waals surface area (Å²) in [6.45, 7) is 0.527. The van der Waals surface area contributed by atoms with Gasteiger partial charge in [-0.2, -0.15) is 30.7 Å². The Bertz CT molecular complexity index is 412. The third-order valence-electron chi connectivity index (χ3n) is 1.69. The van der Waals surface area contributed by atoms with Crippen molar-refractivity contribution in [3.63, 3.8) is 0 Å². The number of rotatable bonds is 5. The van der Waals surface area contributed by atoms with Crippen molar-refractivity contribution in [2.24, 2.45) is 0 Å². The zero-order valence-electron chi connectivity index (χ0n) is 8.73. The van der Waals surface area contributed by atoms with E-state index in [9.17, 15) is 39.2 Å². The maximum atomic E-state index is 12.8. The predicted octanol–water partition coefficient (Wildman–Crippen LogP) is 2.27. The zero-order valence-corrected chi connectivity index (χ0v) is 9.55. The summed E-state index contributed by atoms with van der Waals surface area (Å²) in [4.78, 5) is 0. The number of hydrogen-bond acceptors (Lipinski definition) is 2. The van der Waals surface area contributed by atoms with E-state index in [0.717, 1.165) is 10.8 Å². The minimum atomic E-state index is -6.69. The number of allylic oxidation sites excluding steroid dienone is 1. The highest BCUT2D eigenvalue weighted by Gasteiger charge is 2.78. The molecule has 0 aliphatic carbocycles. The van der Waals surface area contributed by atoms with Crippen molar-refractivity contribution in [3.8, 4) is 0 Å². The SMILES string of the molecule is C/C=C/CNS(=O)(=O)C(F)(F)C(F)(F)C(F)(F)F.